The normalized spacial score (nSPS) is 21.0. The Labute approximate surface area is 128 Å². The van der Waals surface area contributed by atoms with Crippen LogP contribution in [-0.4, -0.2) is 28.6 Å². The van der Waals surface area contributed by atoms with E-state index < -0.39 is 15.5 Å². The number of thioether (sulfide) groups is 1. The Morgan fingerprint density at radius 3 is 2.57 bits per heavy atom. The lowest BCUT2D eigenvalue weighted by Crippen LogP contribution is -2.36. The van der Waals surface area contributed by atoms with E-state index in [0.29, 0.717) is 12.1 Å². The summed E-state index contributed by atoms with van der Waals surface area (Å²) in [6.45, 7) is 3.87. The maximum absolute atomic E-state index is 11.4. The first-order chi connectivity index (χ1) is 9.89. The highest BCUT2D eigenvalue weighted by Crippen LogP contribution is 2.46. The molecule has 0 saturated heterocycles. The van der Waals surface area contributed by atoms with Gasteiger partial charge in [0.05, 0.1) is 22.9 Å². The number of nitrogens with zero attached hydrogens (tertiary/aromatic N) is 2. The third-order valence-electron chi connectivity index (χ3n) is 3.34. The molecule has 0 saturated carbocycles. The lowest BCUT2D eigenvalue weighted by Gasteiger charge is -2.36. The number of aliphatic imine (C=N–C) groups is 1. The number of carboxylic acid groups (broad SMARTS) is 1. The van der Waals surface area contributed by atoms with Crippen LogP contribution in [0.3, 0.4) is 0 Å². The molecule has 5 heteroatoms. The van der Waals surface area contributed by atoms with Gasteiger partial charge in [0.2, 0.25) is 0 Å². The Balaban J connectivity index is 2.42. The average molecular weight is 300 g/mol. The summed E-state index contributed by atoms with van der Waals surface area (Å²) in [4.78, 5) is 15.7. The molecule has 1 atom stereocenters. The van der Waals surface area contributed by atoms with E-state index in [0.717, 1.165) is 5.56 Å². The van der Waals surface area contributed by atoms with E-state index in [4.69, 9.17) is 5.26 Å². The molecule has 0 radical (unpaired) electrons. The van der Waals surface area contributed by atoms with Gasteiger partial charge < -0.3 is 5.11 Å². The number of carbonyl (C=O) groups is 1. The van der Waals surface area contributed by atoms with Crippen LogP contribution in [0.5, 0.6) is 0 Å². The first-order valence-electron chi connectivity index (χ1n) is 6.51. The first-order valence-corrected chi connectivity index (χ1v) is 7.33. The summed E-state index contributed by atoms with van der Waals surface area (Å²) in [5.41, 5.74) is 1.54. The standard InChI is InChI=1S/C16H16N2O2S/c1-15(2,14(19)20)21-16(8-3-9-18-11-16)13-6-4-12(10-17)5-7-13/h3-9H,11H2,1-2H3,(H,19,20). The maximum atomic E-state index is 11.4. The van der Waals surface area contributed by atoms with Crippen LogP contribution in [0.2, 0.25) is 0 Å². The van der Waals surface area contributed by atoms with Crippen molar-refractivity contribution in [2.75, 3.05) is 6.54 Å². The third-order valence-corrected chi connectivity index (χ3v) is 4.89. The fourth-order valence-electron chi connectivity index (χ4n) is 2.14. The monoisotopic (exact) mass is 300 g/mol. The van der Waals surface area contributed by atoms with Crippen molar-refractivity contribution < 1.29 is 9.90 Å². The topological polar surface area (TPSA) is 73.5 Å². The third kappa shape index (κ3) is 3.17. The summed E-state index contributed by atoms with van der Waals surface area (Å²) < 4.78 is -1.46. The number of dihydropyridines is 1. The summed E-state index contributed by atoms with van der Waals surface area (Å²) in [5.74, 6) is -0.858. The second kappa shape index (κ2) is 5.74. The van der Waals surface area contributed by atoms with Crippen LogP contribution in [0.25, 0.3) is 0 Å². The van der Waals surface area contributed by atoms with Crippen LogP contribution >= 0.6 is 11.8 Å². The minimum atomic E-state index is -0.939. The van der Waals surface area contributed by atoms with Crippen molar-refractivity contribution in [2.45, 2.75) is 23.3 Å². The van der Waals surface area contributed by atoms with Gasteiger partial charge in [-0.25, -0.2) is 0 Å². The predicted molar refractivity (Wildman–Crippen MR) is 84.6 cm³/mol. The SMILES string of the molecule is CC(C)(SC1(c2ccc(C#N)cc2)C=CC=NC1)C(=O)O. The van der Waals surface area contributed by atoms with Gasteiger partial charge >= 0.3 is 5.97 Å². The first kappa shape index (κ1) is 15.3. The quantitative estimate of drug-likeness (QED) is 0.927. The van der Waals surface area contributed by atoms with Gasteiger partial charge in [-0.2, -0.15) is 5.26 Å². The van der Waals surface area contributed by atoms with Crippen molar-refractivity contribution in [1.29, 1.82) is 5.26 Å². The Kier molecular flexibility index (Phi) is 4.19. The zero-order chi connectivity index (χ0) is 15.5. The molecule has 0 fully saturated rings. The van der Waals surface area contributed by atoms with Crippen LogP contribution in [0.1, 0.15) is 25.0 Å². The number of hydrogen-bond donors (Lipinski definition) is 1. The average Bonchev–Trinajstić information content (AvgIpc) is 2.47. The Bertz CT molecular complexity index is 641. The number of aliphatic carboxylic acids is 1. The molecule has 2 rings (SSSR count). The lowest BCUT2D eigenvalue weighted by atomic mass is 9.95. The minimum Gasteiger partial charge on any atom is -0.480 e. The van der Waals surface area contributed by atoms with E-state index in [1.54, 1.807) is 32.2 Å². The van der Waals surface area contributed by atoms with Gasteiger partial charge in [-0.05, 0) is 37.6 Å². The fraction of sp³-hybridized carbons (Fsp3) is 0.312. The minimum absolute atomic E-state index is 0.483. The summed E-state index contributed by atoms with van der Waals surface area (Å²) in [6.07, 6.45) is 5.54. The molecular weight excluding hydrogens is 284 g/mol. The Morgan fingerprint density at radius 1 is 1.43 bits per heavy atom. The van der Waals surface area contributed by atoms with Crippen LogP contribution < -0.4 is 0 Å². The molecule has 0 aliphatic carbocycles. The van der Waals surface area contributed by atoms with E-state index in [1.165, 1.54) is 11.8 Å². The largest absolute Gasteiger partial charge is 0.480 e. The number of nitriles is 1. The molecule has 0 amide bonds. The van der Waals surface area contributed by atoms with Crippen LogP contribution in [0.4, 0.5) is 0 Å². The predicted octanol–water partition coefficient (Wildman–Crippen LogP) is 2.99. The number of benzene rings is 1. The van der Waals surface area contributed by atoms with Gasteiger partial charge in [0.1, 0.15) is 4.75 Å². The zero-order valence-electron chi connectivity index (χ0n) is 11.9. The second-order valence-corrected chi connectivity index (χ2v) is 7.30. The molecule has 0 aromatic heterocycles. The number of allylic oxidation sites excluding steroid dienone is 1. The number of rotatable bonds is 4. The molecule has 108 valence electrons. The molecule has 0 spiro atoms. The maximum Gasteiger partial charge on any atom is 0.319 e. The number of hydrogen-bond acceptors (Lipinski definition) is 4. The highest BCUT2D eigenvalue weighted by molar-refractivity contribution is 8.02. The van der Waals surface area contributed by atoms with Crippen molar-refractivity contribution in [3.63, 3.8) is 0 Å². The molecule has 0 bridgehead atoms. The lowest BCUT2D eigenvalue weighted by molar-refractivity contribution is -0.138. The van der Waals surface area contributed by atoms with Crippen LogP contribution in [-0.2, 0) is 9.54 Å². The molecule has 4 nitrogen and oxygen atoms in total. The Hall–Kier alpha value is -2.06. The van der Waals surface area contributed by atoms with Gasteiger partial charge in [0, 0.05) is 6.21 Å². The van der Waals surface area contributed by atoms with Gasteiger partial charge in [-0.15, -0.1) is 11.8 Å². The molecule has 1 aromatic carbocycles. The van der Waals surface area contributed by atoms with E-state index in [9.17, 15) is 9.90 Å². The highest BCUT2D eigenvalue weighted by atomic mass is 32.2. The summed E-state index contributed by atoms with van der Waals surface area (Å²) in [6, 6.07) is 9.32. The van der Waals surface area contributed by atoms with Crippen molar-refractivity contribution in [2.24, 2.45) is 4.99 Å². The van der Waals surface area contributed by atoms with Crippen molar-refractivity contribution >= 4 is 23.9 Å². The van der Waals surface area contributed by atoms with Crippen molar-refractivity contribution in [3.05, 3.63) is 47.5 Å². The molecule has 21 heavy (non-hydrogen) atoms. The summed E-state index contributed by atoms with van der Waals surface area (Å²) in [5, 5.41) is 18.3. The number of carboxylic acids is 1. The van der Waals surface area contributed by atoms with Gasteiger partial charge in [-0.1, -0.05) is 18.2 Å². The zero-order valence-corrected chi connectivity index (χ0v) is 12.7. The summed E-state index contributed by atoms with van der Waals surface area (Å²) >= 11 is 1.36. The second-order valence-electron chi connectivity index (χ2n) is 5.35. The van der Waals surface area contributed by atoms with Crippen LogP contribution in [0, 0.1) is 11.3 Å². The van der Waals surface area contributed by atoms with E-state index in [2.05, 4.69) is 11.1 Å². The highest BCUT2D eigenvalue weighted by Gasteiger charge is 2.41. The molecule has 1 aliphatic rings. The molecule has 1 unspecified atom stereocenters. The molecule has 1 aromatic rings. The smallest absolute Gasteiger partial charge is 0.319 e. The summed E-state index contributed by atoms with van der Waals surface area (Å²) in [7, 11) is 0. The van der Waals surface area contributed by atoms with Gasteiger partial charge in [0.25, 0.3) is 0 Å². The molecular formula is C16H16N2O2S. The van der Waals surface area contributed by atoms with Crippen molar-refractivity contribution in [1.82, 2.24) is 0 Å². The van der Waals surface area contributed by atoms with Gasteiger partial charge in [-0.3, -0.25) is 9.79 Å². The van der Waals surface area contributed by atoms with Gasteiger partial charge in [0.15, 0.2) is 0 Å². The van der Waals surface area contributed by atoms with E-state index in [-0.39, 0.29) is 0 Å². The van der Waals surface area contributed by atoms with E-state index >= 15 is 0 Å². The fourth-order valence-corrected chi connectivity index (χ4v) is 3.68. The molecule has 1 heterocycles. The van der Waals surface area contributed by atoms with Crippen molar-refractivity contribution in [3.8, 4) is 6.07 Å². The molecule has 1 N–H and O–H groups in total. The Morgan fingerprint density at radius 2 is 2.10 bits per heavy atom. The molecule has 1 aliphatic heterocycles. The van der Waals surface area contributed by atoms with Crippen LogP contribution in [0.15, 0.2) is 41.4 Å². The van der Waals surface area contributed by atoms with E-state index in [1.807, 2.05) is 24.3 Å².